The van der Waals surface area contributed by atoms with Crippen LogP contribution in [0.5, 0.6) is 0 Å². The Bertz CT molecular complexity index is 377. The third-order valence-corrected chi connectivity index (χ3v) is 3.68. The molecule has 0 atom stereocenters. The molecule has 2 N–H and O–H groups in total. The molecular weight excluding hydrogens is 256 g/mol. The molecule has 0 amide bonds. The second-order valence-electron chi connectivity index (χ2n) is 5.32. The summed E-state index contributed by atoms with van der Waals surface area (Å²) in [6.07, 6.45) is 4.62. The molecule has 0 aliphatic carbocycles. The number of hydrogen-bond donors (Lipinski definition) is 1. The summed E-state index contributed by atoms with van der Waals surface area (Å²) < 4.78 is 0. The van der Waals surface area contributed by atoms with Gasteiger partial charge in [-0.25, -0.2) is 0 Å². The monoisotopic (exact) mass is 282 g/mol. The first kappa shape index (κ1) is 16.3. The molecule has 0 unspecified atom stereocenters. The zero-order chi connectivity index (χ0) is 14.3. The largest absolute Gasteiger partial charge is 0.368 e. The molecule has 2 nitrogen and oxygen atoms in total. The van der Waals surface area contributed by atoms with Crippen molar-refractivity contribution in [3.8, 4) is 0 Å². The molecule has 0 aliphatic heterocycles. The van der Waals surface area contributed by atoms with Crippen LogP contribution < -0.4 is 10.6 Å². The van der Waals surface area contributed by atoms with E-state index in [0.29, 0.717) is 12.6 Å². The van der Waals surface area contributed by atoms with Crippen molar-refractivity contribution in [1.29, 1.82) is 0 Å². The summed E-state index contributed by atoms with van der Waals surface area (Å²) in [7, 11) is 0. The third-order valence-electron chi connectivity index (χ3n) is 3.38. The summed E-state index contributed by atoms with van der Waals surface area (Å²) in [5.74, 6) is 0. The maximum Gasteiger partial charge on any atom is 0.0642 e. The molecule has 0 spiro atoms. The topological polar surface area (TPSA) is 29.3 Å². The normalized spacial score (nSPS) is 11.1. The van der Waals surface area contributed by atoms with Crippen LogP contribution in [0.2, 0.25) is 5.02 Å². The maximum atomic E-state index is 6.43. The molecule has 0 heterocycles. The van der Waals surface area contributed by atoms with E-state index in [1.54, 1.807) is 0 Å². The van der Waals surface area contributed by atoms with Gasteiger partial charge in [0.25, 0.3) is 0 Å². The lowest BCUT2D eigenvalue weighted by Crippen LogP contribution is -2.32. The van der Waals surface area contributed by atoms with Gasteiger partial charge in [0.2, 0.25) is 0 Å². The van der Waals surface area contributed by atoms with E-state index in [0.717, 1.165) is 23.7 Å². The Labute approximate surface area is 122 Å². The molecule has 19 heavy (non-hydrogen) atoms. The highest BCUT2D eigenvalue weighted by molar-refractivity contribution is 6.33. The van der Waals surface area contributed by atoms with Crippen LogP contribution in [0.25, 0.3) is 0 Å². The van der Waals surface area contributed by atoms with E-state index in [1.807, 2.05) is 0 Å². The summed E-state index contributed by atoms with van der Waals surface area (Å²) in [6.45, 7) is 8.40. The van der Waals surface area contributed by atoms with Gasteiger partial charge in [0.1, 0.15) is 0 Å². The molecule has 1 aromatic rings. The lowest BCUT2D eigenvalue weighted by atomic mass is 10.1. The van der Waals surface area contributed by atoms with Gasteiger partial charge in [-0.15, -0.1) is 0 Å². The summed E-state index contributed by atoms with van der Waals surface area (Å²) in [5.41, 5.74) is 7.95. The van der Waals surface area contributed by atoms with Crippen LogP contribution in [-0.4, -0.2) is 19.1 Å². The highest BCUT2D eigenvalue weighted by Crippen LogP contribution is 2.29. The number of benzene rings is 1. The van der Waals surface area contributed by atoms with E-state index in [2.05, 4.69) is 43.9 Å². The fourth-order valence-corrected chi connectivity index (χ4v) is 2.61. The van der Waals surface area contributed by atoms with Gasteiger partial charge in [-0.2, -0.15) is 0 Å². The SMILES string of the molecule is CCCCCN(c1ccc(CCN)cc1Cl)C(C)C. The van der Waals surface area contributed by atoms with Crippen molar-refractivity contribution < 1.29 is 0 Å². The average molecular weight is 283 g/mol. The lowest BCUT2D eigenvalue weighted by Gasteiger charge is -2.30. The Hall–Kier alpha value is -0.730. The smallest absolute Gasteiger partial charge is 0.0642 e. The summed E-state index contributed by atoms with van der Waals surface area (Å²) in [4.78, 5) is 2.39. The fraction of sp³-hybridized carbons (Fsp3) is 0.625. The number of nitrogens with zero attached hydrogens (tertiary/aromatic N) is 1. The van der Waals surface area contributed by atoms with E-state index in [-0.39, 0.29) is 0 Å². The van der Waals surface area contributed by atoms with Crippen LogP contribution in [0, 0.1) is 0 Å². The number of unbranched alkanes of at least 4 members (excludes halogenated alkanes) is 2. The van der Waals surface area contributed by atoms with Gasteiger partial charge in [-0.1, -0.05) is 37.4 Å². The van der Waals surface area contributed by atoms with Gasteiger partial charge in [-0.05, 0) is 50.9 Å². The number of nitrogens with two attached hydrogens (primary N) is 1. The highest BCUT2D eigenvalue weighted by atomic mass is 35.5. The Morgan fingerprint density at radius 1 is 1.26 bits per heavy atom. The minimum Gasteiger partial charge on any atom is -0.368 e. The van der Waals surface area contributed by atoms with E-state index in [9.17, 15) is 0 Å². The zero-order valence-corrected chi connectivity index (χ0v) is 13.2. The van der Waals surface area contributed by atoms with Crippen LogP contribution in [0.1, 0.15) is 45.6 Å². The van der Waals surface area contributed by atoms with Crippen LogP contribution in [-0.2, 0) is 6.42 Å². The van der Waals surface area contributed by atoms with Gasteiger partial charge in [-0.3, -0.25) is 0 Å². The van der Waals surface area contributed by atoms with Crippen molar-refractivity contribution in [3.05, 3.63) is 28.8 Å². The molecule has 0 saturated carbocycles. The molecule has 0 aromatic heterocycles. The quantitative estimate of drug-likeness (QED) is 0.723. The molecule has 0 bridgehead atoms. The van der Waals surface area contributed by atoms with Crippen molar-refractivity contribution in [2.75, 3.05) is 18.0 Å². The van der Waals surface area contributed by atoms with Gasteiger partial charge < -0.3 is 10.6 Å². The predicted octanol–water partition coefficient (Wildman–Crippen LogP) is 4.25. The number of anilines is 1. The second-order valence-corrected chi connectivity index (χ2v) is 5.73. The van der Waals surface area contributed by atoms with Crippen molar-refractivity contribution in [2.45, 2.75) is 52.5 Å². The predicted molar refractivity (Wildman–Crippen MR) is 86.2 cm³/mol. The fourth-order valence-electron chi connectivity index (χ4n) is 2.29. The summed E-state index contributed by atoms with van der Waals surface area (Å²) in [6, 6.07) is 6.80. The van der Waals surface area contributed by atoms with Crippen LogP contribution >= 0.6 is 11.6 Å². The molecule has 0 saturated heterocycles. The van der Waals surface area contributed by atoms with Crippen molar-refractivity contribution in [2.24, 2.45) is 5.73 Å². The highest BCUT2D eigenvalue weighted by Gasteiger charge is 2.13. The van der Waals surface area contributed by atoms with E-state index >= 15 is 0 Å². The Balaban J connectivity index is 2.83. The molecule has 0 radical (unpaired) electrons. The molecule has 108 valence electrons. The first-order valence-corrected chi connectivity index (χ1v) is 7.73. The molecule has 1 aromatic carbocycles. The maximum absolute atomic E-state index is 6.43. The minimum absolute atomic E-state index is 0.467. The van der Waals surface area contributed by atoms with Crippen LogP contribution in [0.3, 0.4) is 0 Å². The van der Waals surface area contributed by atoms with Gasteiger partial charge in [0.15, 0.2) is 0 Å². The van der Waals surface area contributed by atoms with Gasteiger partial charge in [0, 0.05) is 12.6 Å². The van der Waals surface area contributed by atoms with Gasteiger partial charge in [0.05, 0.1) is 10.7 Å². The zero-order valence-electron chi connectivity index (χ0n) is 12.5. The van der Waals surface area contributed by atoms with Gasteiger partial charge >= 0.3 is 0 Å². The van der Waals surface area contributed by atoms with Crippen LogP contribution in [0.4, 0.5) is 5.69 Å². The summed E-state index contributed by atoms with van der Waals surface area (Å²) >= 11 is 6.43. The standard InChI is InChI=1S/C16H27ClN2/c1-4-5-6-11-19(13(2)3)16-8-7-14(9-10-18)12-15(16)17/h7-8,12-13H,4-6,9-11,18H2,1-3H3. The van der Waals surface area contributed by atoms with Crippen LogP contribution in [0.15, 0.2) is 18.2 Å². The molecule has 1 rings (SSSR count). The second kappa shape index (κ2) is 8.44. The Morgan fingerprint density at radius 3 is 2.53 bits per heavy atom. The number of rotatable bonds is 8. The van der Waals surface area contributed by atoms with Crippen molar-refractivity contribution >= 4 is 17.3 Å². The van der Waals surface area contributed by atoms with E-state index in [4.69, 9.17) is 17.3 Å². The molecular formula is C16H27ClN2. The Morgan fingerprint density at radius 2 is 2.00 bits per heavy atom. The molecule has 0 aliphatic rings. The van der Waals surface area contributed by atoms with E-state index < -0.39 is 0 Å². The average Bonchev–Trinajstić information content (AvgIpc) is 2.36. The Kier molecular flexibility index (Phi) is 7.25. The molecule has 3 heteroatoms. The first-order chi connectivity index (χ1) is 9.10. The first-order valence-electron chi connectivity index (χ1n) is 7.35. The lowest BCUT2D eigenvalue weighted by molar-refractivity contribution is 0.626. The molecule has 0 fully saturated rings. The number of halogens is 1. The minimum atomic E-state index is 0.467. The van der Waals surface area contributed by atoms with E-state index in [1.165, 1.54) is 24.8 Å². The van der Waals surface area contributed by atoms with Crippen molar-refractivity contribution in [1.82, 2.24) is 0 Å². The summed E-state index contributed by atoms with van der Waals surface area (Å²) in [5, 5.41) is 0.844. The van der Waals surface area contributed by atoms with Crippen molar-refractivity contribution in [3.63, 3.8) is 0 Å². The third kappa shape index (κ3) is 5.04. The number of hydrogen-bond acceptors (Lipinski definition) is 2.